The highest BCUT2D eigenvalue weighted by Gasteiger charge is 2.66. The Morgan fingerprint density at radius 3 is 2.50 bits per heavy atom. The lowest BCUT2D eigenvalue weighted by atomic mass is 9.91. The van der Waals surface area contributed by atoms with Crippen molar-refractivity contribution >= 4 is 11.8 Å². The molecular weight excluding hydrogens is 278 g/mol. The molecule has 22 heavy (non-hydrogen) atoms. The van der Waals surface area contributed by atoms with Crippen molar-refractivity contribution in [1.82, 2.24) is 4.90 Å². The number of nitrogens with zero attached hydrogens (tertiary/aromatic N) is 1. The molecule has 1 aromatic carbocycles. The van der Waals surface area contributed by atoms with Gasteiger partial charge in [0.15, 0.2) is 5.78 Å². The van der Waals surface area contributed by atoms with Crippen LogP contribution >= 0.6 is 0 Å². The maximum atomic E-state index is 12.9. The molecule has 1 saturated carbocycles. The van der Waals surface area contributed by atoms with Gasteiger partial charge < -0.3 is 9.64 Å². The fourth-order valence-electron chi connectivity index (χ4n) is 2.81. The lowest BCUT2D eigenvalue weighted by molar-refractivity contribution is -0.142. The van der Waals surface area contributed by atoms with Crippen LogP contribution in [-0.2, 0) is 9.53 Å². The van der Waals surface area contributed by atoms with Gasteiger partial charge in [0.1, 0.15) is 5.41 Å². The van der Waals surface area contributed by atoms with E-state index < -0.39 is 11.4 Å². The Labute approximate surface area is 131 Å². The van der Waals surface area contributed by atoms with Crippen LogP contribution in [-0.4, -0.2) is 37.3 Å². The van der Waals surface area contributed by atoms with Crippen LogP contribution in [0.25, 0.3) is 0 Å². The van der Waals surface area contributed by atoms with Gasteiger partial charge in [-0.2, -0.15) is 0 Å². The summed E-state index contributed by atoms with van der Waals surface area (Å²) in [7, 11) is 3.88. The van der Waals surface area contributed by atoms with Gasteiger partial charge in [-0.05, 0) is 40.3 Å². The normalized spacial score (nSPS) is 23.8. The van der Waals surface area contributed by atoms with E-state index in [0.717, 1.165) is 5.56 Å². The summed E-state index contributed by atoms with van der Waals surface area (Å²) >= 11 is 0. The molecule has 0 heterocycles. The minimum Gasteiger partial charge on any atom is -0.434 e. The monoisotopic (exact) mass is 301 g/mol. The first-order chi connectivity index (χ1) is 10.4. The van der Waals surface area contributed by atoms with Crippen LogP contribution in [0.2, 0.25) is 0 Å². The number of carbonyl (C=O) groups excluding carboxylic acids is 2. The first kappa shape index (κ1) is 16.4. The molecule has 0 aromatic heterocycles. The van der Waals surface area contributed by atoms with Crippen LogP contribution in [0.15, 0.2) is 36.6 Å². The van der Waals surface area contributed by atoms with E-state index in [1.807, 2.05) is 38.1 Å². The van der Waals surface area contributed by atoms with E-state index >= 15 is 0 Å². The van der Waals surface area contributed by atoms with E-state index in [2.05, 4.69) is 0 Å². The molecule has 118 valence electrons. The Balaban J connectivity index is 2.27. The molecule has 1 aliphatic carbocycles. The number of hydrogen-bond donors (Lipinski definition) is 0. The summed E-state index contributed by atoms with van der Waals surface area (Å²) in [6.45, 7) is 4.44. The van der Waals surface area contributed by atoms with Gasteiger partial charge in [0.05, 0.1) is 6.26 Å². The molecule has 0 amide bonds. The molecule has 2 rings (SSSR count). The molecule has 0 radical (unpaired) electrons. The van der Waals surface area contributed by atoms with Gasteiger partial charge in [-0.25, -0.2) is 0 Å². The number of ether oxygens (including phenoxy) is 1. The Kier molecular flexibility index (Phi) is 4.81. The van der Waals surface area contributed by atoms with Crippen molar-refractivity contribution < 1.29 is 14.3 Å². The standard InChI is InChI=1S/C18H23NO3/c1-5-10-22-17(21)18(11-15(18)12-19(3)4)16(20)14-8-6-13(2)7-9-14/h5-10,15H,11-12H2,1-4H3. The van der Waals surface area contributed by atoms with Crippen molar-refractivity contribution in [2.75, 3.05) is 20.6 Å². The van der Waals surface area contributed by atoms with Crippen LogP contribution in [0.1, 0.15) is 29.3 Å². The average molecular weight is 301 g/mol. The molecule has 4 nitrogen and oxygen atoms in total. The number of rotatable bonds is 6. The summed E-state index contributed by atoms with van der Waals surface area (Å²) in [4.78, 5) is 27.3. The van der Waals surface area contributed by atoms with Gasteiger partial charge in [-0.1, -0.05) is 35.9 Å². The predicted molar refractivity (Wildman–Crippen MR) is 85.5 cm³/mol. The topological polar surface area (TPSA) is 46.6 Å². The van der Waals surface area contributed by atoms with Crippen LogP contribution < -0.4 is 0 Å². The average Bonchev–Trinajstić information content (AvgIpc) is 3.19. The molecule has 1 aromatic rings. The zero-order chi connectivity index (χ0) is 16.3. The lowest BCUT2D eigenvalue weighted by Crippen LogP contribution is -2.32. The molecule has 2 unspecified atom stereocenters. The van der Waals surface area contributed by atoms with Gasteiger partial charge in [0.25, 0.3) is 0 Å². The highest BCUT2D eigenvalue weighted by Crippen LogP contribution is 2.55. The Hall–Kier alpha value is -1.94. The highest BCUT2D eigenvalue weighted by atomic mass is 16.5. The molecular formula is C18H23NO3. The lowest BCUT2D eigenvalue weighted by Gasteiger charge is -2.16. The number of esters is 1. The Morgan fingerprint density at radius 2 is 1.95 bits per heavy atom. The smallest absolute Gasteiger partial charge is 0.325 e. The van der Waals surface area contributed by atoms with E-state index in [9.17, 15) is 9.59 Å². The third kappa shape index (κ3) is 3.12. The first-order valence-electron chi connectivity index (χ1n) is 7.50. The second kappa shape index (κ2) is 6.44. The quantitative estimate of drug-likeness (QED) is 0.351. The Bertz CT molecular complexity index is 589. The van der Waals surface area contributed by atoms with Crippen LogP contribution in [0.5, 0.6) is 0 Å². The fraction of sp³-hybridized carbons (Fsp3) is 0.444. The maximum absolute atomic E-state index is 12.9. The largest absolute Gasteiger partial charge is 0.434 e. The maximum Gasteiger partial charge on any atom is 0.325 e. The summed E-state index contributed by atoms with van der Waals surface area (Å²) < 4.78 is 5.14. The molecule has 1 fully saturated rings. The summed E-state index contributed by atoms with van der Waals surface area (Å²) in [6.07, 6.45) is 3.54. The predicted octanol–water partition coefficient (Wildman–Crippen LogP) is 2.82. The van der Waals surface area contributed by atoms with Crippen LogP contribution in [0.3, 0.4) is 0 Å². The second-order valence-corrected chi connectivity index (χ2v) is 6.20. The molecule has 0 aliphatic heterocycles. The third-order valence-corrected chi connectivity index (χ3v) is 4.09. The van der Waals surface area contributed by atoms with Crippen molar-refractivity contribution in [1.29, 1.82) is 0 Å². The molecule has 4 heteroatoms. The number of ketones is 1. The van der Waals surface area contributed by atoms with E-state index in [-0.39, 0.29) is 11.7 Å². The number of aryl methyl sites for hydroxylation is 1. The van der Waals surface area contributed by atoms with Crippen molar-refractivity contribution in [2.24, 2.45) is 11.3 Å². The molecule has 0 saturated heterocycles. The molecule has 0 N–H and O–H groups in total. The first-order valence-corrected chi connectivity index (χ1v) is 7.50. The minimum absolute atomic E-state index is 0.00839. The van der Waals surface area contributed by atoms with Crippen molar-refractivity contribution in [3.63, 3.8) is 0 Å². The van der Waals surface area contributed by atoms with Crippen molar-refractivity contribution in [3.8, 4) is 0 Å². The van der Waals surface area contributed by atoms with Crippen LogP contribution in [0, 0.1) is 18.3 Å². The SMILES string of the molecule is CC=COC(=O)C1(C(=O)c2ccc(C)cc2)CC1CN(C)C. The highest BCUT2D eigenvalue weighted by molar-refractivity contribution is 6.15. The number of carbonyl (C=O) groups is 2. The van der Waals surface area contributed by atoms with Gasteiger partial charge in [-0.3, -0.25) is 9.59 Å². The van der Waals surface area contributed by atoms with Gasteiger partial charge >= 0.3 is 5.97 Å². The number of hydrogen-bond acceptors (Lipinski definition) is 4. The van der Waals surface area contributed by atoms with E-state index in [1.165, 1.54) is 6.26 Å². The summed E-state index contributed by atoms with van der Waals surface area (Å²) in [5.41, 5.74) is 0.631. The van der Waals surface area contributed by atoms with Crippen molar-refractivity contribution in [2.45, 2.75) is 20.3 Å². The zero-order valence-electron chi connectivity index (χ0n) is 13.6. The summed E-state index contributed by atoms with van der Waals surface area (Å²) in [5, 5.41) is 0. The van der Waals surface area contributed by atoms with Gasteiger partial charge in [-0.15, -0.1) is 0 Å². The molecule has 2 atom stereocenters. The van der Waals surface area contributed by atoms with E-state index in [1.54, 1.807) is 25.1 Å². The number of benzene rings is 1. The molecule has 1 aliphatic rings. The fourth-order valence-corrected chi connectivity index (χ4v) is 2.81. The van der Waals surface area contributed by atoms with Crippen molar-refractivity contribution in [3.05, 3.63) is 47.7 Å². The van der Waals surface area contributed by atoms with Gasteiger partial charge in [0.2, 0.25) is 0 Å². The zero-order valence-corrected chi connectivity index (χ0v) is 13.6. The van der Waals surface area contributed by atoms with E-state index in [0.29, 0.717) is 18.5 Å². The summed E-state index contributed by atoms with van der Waals surface area (Å²) in [6, 6.07) is 7.35. The minimum atomic E-state index is -1.03. The molecule has 0 bridgehead atoms. The molecule has 0 spiro atoms. The number of Topliss-reactive ketones (excluding diaryl/α,β-unsaturated/α-hetero) is 1. The van der Waals surface area contributed by atoms with Gasteiger partial charge in [0, 0.05) is 12.1 Å². The second-order valence-electron chi connectivity index (χ2n) is 6.20. The van der Waals surface area contributed by atoms with E-state index in [4.69, 9.17) is 4.74 Å². The number of allylic oxidation sites excluding steroid dienone is 1. The summed E-state index contributed by atoms with van der Waals surface area (Å²) in [5.74, 6) is -0.564. The third-order valence-electron chi connectivity index (χ3n) is 4.09. The Morgan fingerprint density at radius 1 is 1.32 bits per heavy atom. The van der Waals surface area contributed by atoms with Crippen LogP contribution in [0.4, 0.5) is 0 Å².